The molecule has 16 heavy (non-hydrogen) atoms. The molecule has 0 aliphatic carbocycles. The van der Waals surface area contributed by atoms with Gasteiger partial charge in [-0.2, -0.15) is 5.26 Å². The molecule has 4 heteroatoms. The Hall–Kier alpha value is -1.89. The lowest BCUT2D eigenvalue weighted by Gasteiger charge is -2.25. The van der Waals surface area contributed by atoms with Crippen LogP contribution in [0.5, 0.6) is 17.2 Å². The Bertz CT molecular complexity index is 464. The summed E-state index contributed by atoms with van der Waals surface area (Å²) in [4.78, 5) is 0. The van der Waals surface area contributed by atoms with E-state index in [0.29, 0.717) is 19.8 Å². The molecule has 0 aromatic heterocycles. The Morgan fingerprint density at radius 1 is 1.06 bits per heavy atom. The number of hydrogen-bond donors (Lipinski definition) is 0. The van der Waals surface area contributed by atoms with Crippen molar-refractivity contribution in [2.24, 2.45) is 5.92 Å². The predicted octanol–water partition coefficient (Wildman–Crippen LogP) is 1.53. The van der Waals surface area contributed by atoms with Crippen LogP contribution in [0.4, 0.5) is 0 Å². The molecule has 0 radical (unpaired) electrons. The molecule has 0 saturated heterocycles. The summed E-state index contributed by atoms with van der Waals surface area (Å²) in [5.74, 6) is 2.25. The fourth-order valence-electron chi connectivity index (χ4n) is 2.00. The van der Waals surface area contributed by atoms with Crippen molar-refractivity contribution in [2.75, 3.05) is 19.8 Å². The fourth-order valence-corrected chi connectivity index (χ4v) is 2.00. The zero-order valence-electron chi connectivity index (χ0n) is 8.73. The van der Waals surface area contributed by atoms with Gasteiger partial charge >= 0.3 is 0 Å². The van der Waals surface area contributed by atoms with Gasteiger partial charge in [-0.15, -0.1) is 0 Å². The molecule has 1 aromatic rings. The molecule has 0 bridgehead atoms. The van der Waals surface area contributed by atoms with Crippen LogP contribution >= 0.6 is 0 Å². The van der Waals surface area contributed by atoms with Gasteiger partial charge in [-0.05, 0) is 18.1 Å². The number of rotatable bonds is 0. The van der Waals surface area contributed by atoms with Crippen LogP contribution in [0.2, 0.25) is 0 Å². The minimum absolute atomic E-state index is 0.0601. The molecule has 82 valence electrons. The summed E-state index contributed by atoms with van der Waals surface area (Å²) in [6.45, 7) is 1.62. The van der Waals surface area contributed by atoms with Crippen molar-refractivity contribution in [3.05, 3.63) is 17.7 Å². The van der Waals surface area contributed by atoms with Crippen LogP contribution in [0.1, 0.15) is 5.56 Å². The van der Waals surface area contributed by atoms with Crippen LogP contribution in [-0.4, -0.2) is 19.8 Å². The predicted molar refractivity (Wildman–Crippen MR) is 55.7 cm³/mol. The standard InChI is InChI=1S/C12H11NO3/c13-6-8-3-9-4-11-12(15-2-1-14-11)5-10(9)16-7-8/h4-5,8H,1-3,7H2. The highest BCUT2D eigenvalue weighted by Crippen LogP contribution is 2.39. The van der Waals surface area contributed by atoms with Gasteiger partial charge < -0.3 is 14.2 Å². The van der Waals surface area contributed by atoms with Gasteiger partial charge in [-0.25, -0.2) is 0 Å². The third-order valence-electron chi connectivity index (χ3n) is 2.81. The first-order chi connectivity index (χ1) is 7.86. The number of hydrogen-bond acceptors (Lipinski definition) is 4. The zero-order chi connectivity index (χ0) is 11.0. The average Bonchev–Trinajstić information content (AvgIpc) is 2.35. The summed E-state index contributed by atoms with van der Waals surface area (Å²) in [6, 6.07) is 6.01. The summed E-state index contributed by atoms with van der Waals surface area (Å²) in [6.07, 6.45) is 0.725. The van der Waals surface area contributed by atoms with E-state index in [1.54, 1.807) is 0 Å². The average molecular weight is 217 g/mol. The van der Waals surface area contributed by atoms with Gasteiger partial charge in [-0.3, -0.25) is 0 Å². The van der Waals surface area contributed by atoms with E-state index in [2.05, 4.69) is 6.07 Å². The van der Waals surface area contributed by atoms with E-state index >= 15 is 0 Å². The second-order valence-electron chi connectivity index (χ2n) is 3.94. The topological polar surface area (TPSA) is 51.5 Å². The quantitative estimate of drug-likeness (QED) is 0.661. The molecular formula is C12H11NO3. The Morgan fingerprint density at radius 3 is 2.56 bits per heavy atom. The second kappa shape index (κ2) is 3.60. The van der Waals surface area contributed by atoms with E-state index in [0.717, 1.165) is 29.2 Å². The number of nitrogens with zero attached hydrogens (tertiary/aromatic N) is 1. The minimum atomic E-state index is -0.0601. The molecule has 1 aromatic carbocycles. The molecule has 0 N–H and O–H groups in total. The molecule has 3 rings (SSSR count). The summed E-state index contributed by atoms with van der Waals surface area (Å²) in [5, 5.41) is 8.87. The van der Waals surface area contributed by atoms with Crippen LogP contribution < -0.4 is 14.2 Å². The molecule has 2 aliphatic heterocycles. The van der Waals surface area contributed by atoms with Gasteiger partial charge in [0.05, 0.1) is 12.0 Å². The van der Waals surface area contributed by atoms with Gasteiger partial charge in [0.1, 0.15) is 25.6 Å². The first kappa shape index (κ1) is 9.34. The fraction of sp³-hybridized carbons (Fsp3) is 0.417. The first-order valence-electron chi connectivity index (χ1n) is 5.32. The molecule has 0 saturated carbocycles. The summed E-state index contributed by atoms with van der Waals surface area (Å²) in [5.41, 5.74) is 1.03. The van der Waals surface area contributed by atoms with Gasteiger partial charge in [-0.1, -0.05) is 0 Å². The third kappa shape index (κ3) is 1.45. The van der Waals surface area contributed by atoms with Crippen molar-refractivity contribution in [2.45, 2.75) is 6.42 Å². The lowest BCUT2D eigenvalue weighted by Crippen LogP contribution is -2.21. The van der Waals surface area contributed by atoms with Crippen LogP contribution in [0.3, 0.4) is 0 Å². The van der Waals surface area contributed by atoms with Gasteiger partial charge in [0.15, 0.2) is 11.5 Å². The van der Waals surface area contributed by atoms with Crippen molar-refractivity contribution < 1.29 is 14.2 Å². The molecule has 0 amide bonds. The summed E-state index contributed by atoms with van der Waals surface area (Å²) in [7, 11) is 0. The Morgan fingerprint density at radius 2 is 1.81 bits per heavy atom. The van der Waals surface area contributed by atoms with Crippen LogP contribution in [-0.2, 0) is 6.42 Å². The highest BCUT2D eigenvalue weighted by molar-refractivity contribution is 5.52. The molecule has 1 unspecified atom stereocenters. The summed E-state index contributed by atoms with van der Waals surface area (Å²) < 4.78 is 16.5. The van der Waals surface area contributed by atoms with Gasteiger partial charge in [0.2, 0.25) is 0 Å². The van der Waals surface area contributed by atoms with Crippen LogP contribution in [0.15, 0.2) is 12.1 Å². The van der Waals surface area contributed by atoms with Gasteiger partial charge in [0, 0.05) is 6.07 Å². The van der Waals surface area contributed by atoms with E-state index in [-0.39, 0.29) is 5.92 Å². The highest BCUT2D eigenvalue weighted by Gasteiger charge is 2.23. The molecule has 2 heterocycles. The van der Waals surface area contributed by atoms with Crippen molar-refractivity contribution >= 4 is 0 Å². The second-order valence-corrected chi connectivity index (χ2v) is 3.94. The maximum absolute atomic E-state index is 8.87. The lowest BCUT2D eigenvalue weighted by atomic mass is 9.97. The maximum Gasteiger partial charge on any atom is 0.165 e. The Kier molecular flexibility index (Phi) is 2.10. The largest absolute Gasteiger partial charge is 0.492 e. The minimum Gasteiger partial charge on any atom is -0.492 e. The normalized spacial score (nSPS) is 21.6. The van der Waals surface area contributed by atoms with Crippen molar-refractivity contribution in [1.82, 2.24) is 0 Å². The van der Waals surface area contributed by atoms with E-state index in [9.17, 15) is 0 Å². The Balaban J connectivity index is 1.99. The molecule has 0 spiro atoms. The van der Waals surface area contributed by atoms with E-state index in [4.69, 9.17) is 19.5 Å². The molecule has 1 atom stereocenters. The molecule has 0 fully saturated rings. The van der Waals surface area contributed by atoms with Crippen molar-refractivity contribution in [3.8, 4) is 23.3 Å². The number of fused-ring (bicyclic) bond motifs is 2. The van der Waals surface area contributed by atoms with Crippen LogP contribution in [0, 0.1) is 17.2 Å². The third-order valence-corrected chi connectivity index (χ3v) is 2.81. The van der Waals surface area contributed by atoms with Crippen LogP contribution in [0.25, 0.3) is 0 Å². The smallest absolute Gasteiger partial charge is 0.165 e. The number of nitriles is 1. The van der Waals surface area contributed by atoms with E-state index in [1.165, 1.54) is 0 Å². The van der Waals surface area contributed by atoms with Crippen molar-refractivity contribution in [3.63, 3.8) is 0 Å². The molecule has 2 aliphatic rings. The number of ether oxygens (including phenoxy) is 3. The number of benzene rings is 1. The molecule has 4 nitrogen and oxygen atoms in total. The maximum atomic E-state index is 8.87. The Labute approximate surface area is 93.3 Å². The highest BCUT2D eigenvalue weighted by atomic mass is 16.6. The van der Waals surface area contributed by atoms with Crippen molar-refractivity contribution in [1.29, 1.82) is 5.26 Å². The lowest BCUT2D eigenvalue weighted by molar-refractivity contribution is 0.168. The van der Waals surface area contributed by atoms with E-state index in [1.807, 2.05) is 12.1 Å². The molecular weight excluding hydrogens is 206 g/mol. The SMILES string of the molecule is N#CC1COc2cc3c(cc2C1)OCCO3. The van der Waals surface area contributed by atoms with E-state index < -0.39 is 0 Å². The van der Waals surface area contributed by atoms with Gasteiger partial charge in [0.25, 0.3) is 0 Å². The zero-order valence-corrected chi connectivity index (χ0v) is 8.73. The first-order valence-corrected chi connectivity index (χ1v) is 5.32. The summed E-state index contributed by atoms with van der Waals surface area (Å²) >= 11 is 0. The monoisotopic (exact) mass is 217 g/mol.